The van der Waals surface area contributed by atoms with Gasteiger partial charge >= 0.3 is 0 Å². The Morgan fingerprint density at radius 1 is 0.472 bits per heavy atom. The molecule has 0 aliphatic heterocycles. The van der Waals surface area contributed by atoms with Crippen molar-refractivity contribution in [1.29, 1.82) is 0 Å². The summed E-state index contributed by atoms with van der Waals surface area (Å²) in [5, 5.41) is 4.11. The summed E-state index contributed by atoms with van der Waals surface area (Å²) < 4.78 is 0. The summed E-state index contributed by atoms with van der Waals surface area (Å²) in [5.74, 6) is 5.97. The first-order valence-corrected chi connectivity index (χ1v) is 13.7. The van der Waals surface area contributed by atoms with E-state index < -0.39 is 6.89 Å². The molecule has 5 aromatic carbocycles. The summed E-state index contributed by atoms with van der Waals surface area (Å²) in [4.78, 5) is 14.3. The zero-order valence-corrected chi connectivity index (χ0v) is 20.7. The third kappa shape index (κ3) is 4.60. The summed E-state index contributed by atoms with van der Waals surface area (Å²) in [6, 6.07) is 51.0. The van der Waals surface area contributed by atoms with Crippen LogP contribution in [-0.2, 0) is 4.79 Å². The van der Waals surface area contributed by atoms with Crippen molar-refractivity contribution in [3.8, 4) is 11.8 Å². The molecule has 0 aromatic heterocycles. The molecule has 0 radical (unpaired) electrons. The predicted octanol–water partition coefficient (Wildman–Crippen LogP) is 5.82. The van der Waals surface area contributed by atoms with Gasteiger partial charge in [0, 0.05) is 10.9 Å². The van der Waals surface area contributed by atoms with Crippen molar-refractivity contribution in [2.75, 3.05) is 0 Å². The van der Waals surface area contributed by atoms with E-state index in [-0.39, 0.29) is 5.78 Å². The van der Waals surface area contributed by atoms with E-state index in [2.05, 4.69) is 84.6 Å². The third-order valence-electron chi connectivity index (χ3n) is 6.12. The molecule has 0 N–H and O–H groups in total. The van der Waals surface area contributed by atoms with Crippen molar-refractivity contribution in [2.24, 2.45) is 0 Å². The Hall–Kier alpha value is -4.37. The number of carbonyl (C=O) groups is 1. The van der Waals surface area contributed by atoms with Crippen LogP contribution in [0, 0.1) is 11.8 Å². The molecule has 2 heteroatoms. The van der Waals surface area contributed by atoms with Crippen LogP contribution in [0.2, 0.25) is 0 Å². The molecule has 1 nitrogen and oxygen atoms in total. The largest absolute Gasteiger partial charge is 0.279 e. The summed E-state index contributed by atoms with van der Waals surface area (Å²) in [5.41, 5.74) is 1.72. The average Bonchev–Trinajstić information content (AvgIpc) is 2.97. The molecular formula is C34H25OP. The SMILES string of the molecule is O=C(C#Cc1ccccc1)C(c1ccccc1)=P(c1ccccc1)(c1ccccc1)c1ccccc1. The minimum atomic E-state index is -2.60. The van der Waals surface area contributed by atoms with Crippen LogP contribution in [0.3, 0.4) is 0 Å². The van der Waals surface area contributed by atoms with E-state index in [0.29, 0.717) is 0 Å². The summed E-state index contributed by atoms with van der Waals surface area (Å²) >= 11 is 0. The topological polar surface area (TPSA) is 17.1 Å². The maximum absolute atomic E-state index is 14.3. The van der Waals surface area contributed by atoms with Crippen LogP contribution in [0.1, 0.15) is 11.1 Å². The highest BCUT2D eigenvalue weighted by molar-refractivity contribution is 7.97. The Labute approximate surface area is 213 Å². The smallest absolute Gasteiger partial charge is 0.237 e. The fourth-order valence-corrected chi connectivity index (χ4v) is 9.00. The maximum Gasteiger partial charge on any atom is 0.237 e. The van der Waals surface area contributed by atoms with Crippen molar-refractivity contribution in [1.82, 2.24) is 0 Å². The Morgan fingerprint density at radius 3 is 1.25 bits per heavy atom. The number of carbonyl (C=O) groups excluding carboxylic acids is 1. The van der Waals surface area contributed by atoms with Crippen molar-refractivity contribution in [3.05, 3.63) is 163 Å². The predicted molar refractivity (Wildman–Crippen MR) is 154 cm³/mol. The molecule has 0 aliphatic carbocycles. The lowest BCUT2D eigenvalue weighted by molar-refractivity contribution is -0.107. The van der Waals surface area contributed by atoms with Crippen LogP contribution >= 0.6 is 6.89 Å². The molecule has 0 bridgehead atoms. The van der Waals surface area contributed by atoms with Crippen molar-refractivity contribution >= 4 is 33.9 Å². The van der Waals surface area contributed by atoms with Crippen LogP contribution in [0.25, 0.3) is 0 Å². The highest BCUT2D eigenvalue weighted by Crippen LogP contribution is 2.47. The normalized spacial score (nSPS) is 10.7. The second-order valence-electron chi connectivity index (χ2n) is 8.34. The van der Waals surface area contributed by atoms with E-state index in [1.165, 1.54) is 0 Å². The first-order valence-electron chi connectivity index (χ1n) is 11.9. The number of rotatable bonds is 5. The Balaban J connectivity index is 1.97. The fourth-order valence-electron chi connectivity index (χ4n) is 4.57. The Morgan fingerprint density at radius 2 is 0.833 bits per heavy atom. The lowest BCUT2D eigenvalue weighted by Gasteiger charge is -2.32. The lowest BCUT2D eigenvalue weighted by Crippen LogP contribution is -2.33. The molecule has 0 heterocycles. The molecule has 0 spiro atoms. The summed E-state index contributed by atoms with van der Waals surface area (Å²) in [6.45, 7) is -2.60. The van der Waals surface area contributed by atoms with Crippen LogP contribution in [0.15, 0.2) is 152 Å². The maximum atomic E-state index is 14.3. The molecule has 172 valence electrons. The van der Waals surface area contributed by atoms with Gasteiger partial charge in [0.15, 0.2) is 0 Å². The van der Waals surface area contributed by atoms with Gasteiger partial charge in [-0.25, -0.2) is 0 Å². The van der Waals surface area contributed by atoms with E-state index in [0.717, 1.165) is 32.3 Å². The minimum Gasteiger partial charge on any atom is -0.279 e. The fraction of sp³-hybridized carbons (Fsp3) is 0. The van der Waals surface area contributed by atoms with E-state index in [1.54, 1.807) is 0 Å². The van der Waals surface area contributed by atoms with Gasteiger partial charge in [0.2, 0.25) is 5.78 Å². The van der Waals surface area contributed by atoms with Gasteiger partial charge in [0.1, 0.15) is 0 Å². The molecule has 5 rings (SSSR count). The molecule has 0 amide bonds. The summed E-state index contributed by atoms with van der Waals surface area (Å²) in [6.07, 6.45) is 0. The van der Waals surface area contributed by atoms with E-state index in [4.69, 9.17) is 0 Å². The van der Waals surface area contributed by atoms with Crippen LogP contribution < -0.4 is 15.9 Å². The van der Waals surface area contributed by atoms with E-state index in [1.807, 2.05) is 78.9 Å². The number of hydrogen-bond donors (Lipinski definition) is 0. The average molecular weight is 481 g/mol. The number of ketones is 1. The zero-order chi connectivity index (χ0) is 24.6. The quantitative estimate of drug-likeness (QED) is 0.229. The Bertz CT molecular complexity index is 1460. The molecule has 0 unspecified atom stereocenters. The van der Waals surface area contributed by atoms with Crippen LogP contribution in [0.4, 0.5) is 0 Å². The molecule has 36 heavy (non-hydrogen) atoms. The first-order chi connectivity index (χ1) is 17.8. The number of Topliss-reactive ketones (excluding diaryl/α,β-unsaturated/α-hetero) is 1. The van der Waals surface area contributed by atoms with Gasteiger partial charge in [-0.15, -0.1) is 0 Å². The number of benzene rings is 5. The lowest BCUT2D eigenvalue weighted by atomic mass is 10.1. The molecule has 5 aromatic rings. The van der Waals surface area contributed by atoms with Crippen molar-refractivity contribution in [2.45, 2.75) is 0 Å². The molecule has 0 saturated carbocycles. The molecular weight excluding hydrogens is 455 g/mol. The molecule has 0 atom stereocenters. The van der Waals surface area contributed by atoms with Crippen LogP contribution in [0.5, 0.6) is 0 Å². The summed E-state index contributed by atoms with van der Waals surface area (Å²) in [7, 11) is 0. The van der Waals surface area contributed by atoms with E-state index in [9.17, 15) is 4.79 Å². The third-order valence-corrected chi connectivity index (χ3v) is 10.5. The monoisotopic (exact) mass is 480 g/mol. The number of hydrogen-bond acceptors (Lipinski definition) is 1. The second kappa shape index (κ2) is 10.9. The zero-order valence-electron chi connectivity index (χ0n) is 19.8. The Kier molecular flexibility index (Phi) is 7.09. The van der Waals surface area contributed by atoms with Gasteiger partial charge in [-0.3, -0.25) is 4.79 Å². The highest BCUT2D eigenvalue weighted by Gasteiger charge is 2.33. The van der Waals surface area contributed by atoms with E-state index >= 15 is 0 Å². The van der Waals surface area contributed by atoms with Gasteiger partial charge in [0.05, 0.1) is 0 Å². The standard InChI is InChI=1S/C34H25OP/c35-33(27-26-28-16-6-1-7-17-28)34(29-18-8-2-9-19-29)36(30-20-10-3-11-21-30,31-22-12-4-13-23-31)32-24-14-5-15-25-32/h1-25H. The van der Waals surface area contributed by atoms with Gasteiger partial charge in [-0.2, -0.15) is 0 Å². The molecule has 0 saturated heterocycles. The van der Waals surface area contributed by atoms with Gasteiger partial charge in [-0.05, 0) is 46.4 Å². The van der Waals surface area contributed by atoms with Gasteiger partial charge < -0.3 is 0 Å². The second-order valence-corrected chi connectivity index (χ2v) is 11.7. The first kappa shape index (κ1) is 23.4. The molecule has 0 fully saturated rings. The highest BCUT2D eigenvalue weighted by atomic mass is 31.2. The van der Waals surface area contributed by atoms with Gasteiger partial charge in [0.25, 0.3) is 0 Å². The minimum absolute atomic E-state index is 0.157. The van der Waals surface area contributed by atoms with Crippen LogP contribution in [-0.4, -0.2) is 11.1 Å². The molecule has 0 aliphatic rings. The van der Waals surface area contributed by atoms with Gasteiger partial charge in [-0.1, -0.05) is 145 Å². The van der Waals surface area contributed by atoms with Crippen molar-refractivity contribution < 1.29 is 4.79 Å². The van der Waals surface area contributed by atoms with Crippen molar-refractivity contribution in [3.63, 3.8) is 0 Å².